The topological polar surface area (TPSA) is 57.7 Å². The maximum atomic E-state index is 11.2. The van der Waals surface area contributed by atoms with Crippen LogP contribution in [-0.2, 0) is 31.8 Å². The number of thiazole rings is 1. The minimum atomic E-state index is -0.167. The van der Waals surface area contributed by atoms with Crippen LogP contribution >= 0.6 is 11.3 Å². The number of carbonyl (C=O) groups is 1. The lowest BCUT2D eigenvalue weighted by atomic mass is 10.2. The summed E-state index contributed by atoms with van der Waals surface area (Å²) < 4.78 is 15.2. The molecular formula is C13H21NO4S. The molecule has 1 rings (SSSR count). The Morgan fingerprint density at radius 3 is 2.89 bits per heavy atom. The van der Waals surface area contributed by atoms with Crippen LogP contribution < -0.4 is 0 Å². The molecule has 5 nitrogen and oxygen atoms in total. The standard InChI is InChI=1S/C13H21NO4S/c1-3-18-13(15)5-4-11-10-19-12(14-11)6-7-17-9-8-16-2/h10H,3-9H2,1-2H3. The van der Waals surface area contributed by atoms with E-state index in [1.807, 2.05) is 12.3 Å². The van der Waals surface area contributed by atoms with Crippen LogP contribution in [-0.4, -0.2) is 44.5 Å². The molecule has 0 fully saturated rings. The van der Waals surface area contributed by atoms with Gasteiger partial charge in [-0.2, -0.15) is 0 Å². The summed E-state index contributed by atoms with van der Waals surface area (Å²) in [4.78, 5) is 15.7. The highest BCUT2D eigenvalue weighted by Crippen LogP contribution is 2.12. The molecule has 19 heavy (non-hydrogen) atoms. The van der Waals surface area contributed by atoms with Gasteiger partial charge in [0.1, 0.15) is 0 Å². The van der Waals surface area contributed by atoms with Gasteiger partial charge in [0.05, 0.1) is 43.5 Å². The summed E-state index contributed by atoms with van der Waals surface area (Å²) in [5, 5.41) is 3.03. The van der Waals surface area contributed by atoms with E-state index in [-0.39, 0.29) is 5.97 Å². The van der Waals surface area contributed by atoms with Gasteiger partial charge in [-0.3, -0.25) is 4.79 Å². The number of ether oxygens (including phenoxy) is 3. The van der Waals surface area contributed by atoms with Crippen molar-refractivity contribution in [1.29, 1.82) is 0 Å². The fourth-order valence-corrected chi connectivity index (χ4v) is 2.26. The zero-order valence-corrected chi connectivity index (χ0v) is 12.3. The summed E-state index contributed by atoms with van der Waals surface area (Å²) in [5.74, 6) is -0.167. The fraction of sp³-hybridized carbons (Fsp3) is 0.692. The van der Waals surface area contributed by atoms with Gasteiger partial charge >= 0.3 is 5.97 Å². The smallest absolute Gasteiger partial charge is 0.306 e. The second-order valence-corrected chi connectivity index (χ2v) is 4.84. The van der Waals surface area contributed by atoms with Crippen molar-refractivity contribution < 1.29 is 19.0 Å². The molecule has 0 aliphatic carbocycles. The molecule has 6 heteroatoms. The number of methoxy groups -OCH3 is 1. The molecule has 0 saturated carbocycles. The van der Waals surface area contributed by atoms with Crippen molar-refractivity contribution in [2.24, 2.45) is 0 Å². The summed E-state index contributed by atoms with van der Waals surface area (Å²) in [6.07, 6.45) is 1.83. The van der Waals surface area contributed by atoms with Gasteiger partial charge in [0.15, 0.2) is 0 Å². The van der Waals surface area contributed by atoms with Crippen LogP contribution in [0.1, 0.15) is 24.0 Å². The summed E-state index contributed by atoms with van der Waals surface area (Å²) in [5.41, 5.74) is 0.949. The first kappa shape index (κ1) is 16.1. The van der Waals surface area contributed by atoms with Crippen LogP contribution in [0.4, 0.5) is 0 Å². The van der Waals surface area contributed by atoms with Crippen molar-refractivity contribution in [2.75, 3.05) is 33.5 Å². The van der Waals surface area contributed by atoms with E-state index in [9.17, 15) is 4.79 Å². The molecule has 1 aromatic rings. The Bertz CT molecular complexity index is 367. The lowest BCUT2D eigenvalue weighted by Gasteiger charge is -2.01. The van der Waals surface area contributed by atoms with Gasteiger partial charge in [0.2, 0.25) is 0 Å². The summed E-state index contributed by atoms with van der Waals surface area (Å²) in [6, 6.07) is 0. The van der Waals surface area contributed by atoms with Gasteiger partial charge in [-0.25, -0.2) is 4.98 Å². The Morgan fingerprint density at radius 2 is 2.16 bits per heavy atom. The van der Waals surface area contributed by atoms with Crippen molar-refractivity contribution in [3.05, 3.63) is 16.1 Å². The number of esters is 1. The Labute approximate surface area is 117 Å². The molecule has 1 aromatic heterocycles. The predicted octanol–water partition coefficient (Wildman–Crippen LogP) is 1.84. The lowest BCUT2D eigenvalue weighted by Crippen LogP contribution is -2.06. The highest BCUT2D eigenvalue weighted by Gasteiger charge is 2.06. The number of carbonyl (C=O) groups excluding carboxylic acids is 1. The molecule has 1 heterocycles. The molecule has 0 aromatic carbocycles. The lowest BCUT2D eigenvalue weighted by molar-refractivity contribution is -0.143. The predicted molar refractivity (Wildman–Crippen MR) is 73.5 cm³/mol. The van der Waals surface area contributed by atoms with E-state index in [1.165, 1.54) is 0 Å². The average molecular weight is 287 g/mol. The quantitative estimate of drug-likeness (QED) is 0.485. The van der Waals surface area contributed by atoms with E-state index in [0.29, 0.717) is 39.3 Å². The summed E-state index contributed by atoms with van der Waals surface area (Å²) in [6.45, 7) is 4.11. The highest BCUT2D eigenvalue weighted by molar-refractivity contribution is 7.09. The van der Waals surface area contributed by atoms with E-state index in [4.69, 9.17) is 14.2 Å². The third kappa shape index (κ3) is 7.25. The van der Waals surface area contributed by atoms with Crippen molar-refractivity contribution >= 4 is 17.3 Å². The van der Waals surface area contributed by atoms with Crippen molar-refractivity contribution in [3.63, 3.8) is 0 Å². The van der Waals surface area contributed by atoms with E-state index in [2.05, 4.69) is 4.98 Å². The first-order valence-corrected chi connectivity index (χ1v) is 7.29. The van der Waals surface area contributed by atoms with E-state index in [0.717, 1.165) is 17.1 Å². The Morgan fingerprint density at radius 1 is 1.32 bits per heavy atom. The van der Waals surface area contributed by atoms with Crippen LogP contribution in [0.5, 0.6) is 0 Å². The molecular weight excluding hydrogens is 266 g/mol. The van der Waals surface area contributed by atoms with Gasteiger partial charge in [0, 0.05) is 25.3 Å². The van der Waals surface area contributed by atoms with Gasteiger partial charge < -0.3 is 14.2 Å². The molecule has 108 valence electrons. The van der Waals surface area contributed by atoms with Gasteiger partial charge in [-0.1, -0.05) is 0 Å². The Hall–Kier alpha value is -0.980. The van der Waals surface area contributed by atoms with Crippen LogP contribution in [0, 0.1) is 0 Å². The molecule has 0 atom stereocenters. The minimum absolute atomic E-state index is 0.167. The molecule has 0 N–H and O–H groups in total. The molecule has 0 aliphatic heterocycles. The number of hydrogen-bond acceptors (Lipinski definition) is 6. The average Bonchev–Trinajstić information content (AvgIpc) is 2.84. The maximum Gasteiger partial charge on any atom is 0.306 e. The zero-order valence-electron chi connectivity index (χ0n) is 11.5. The van der Waals surface area contributed by atoms with E-state index < -0.39 is 0 Å². The number of rotatable bonds is 10. The number of aromatic nitrogens is 1. The van der Waals surface area contributed by atoms with Crippen LogP contribution in [0.2, 0.25) is 0 Å². The Balaban J connectivity index is 2.19. The number of nitrogens with zero attached hydrogens (tertiary/aromatic N) is 1. The Kier molecular flexibility index (Phi) is 8.36. The third-order valence-electron chi connectivity index (χ3n) is 2.38. The summed E-state index contributed by atoms with van der Waals surface area (Å²) in [7, 11) is 1.65. The second-order valence-electron chi connectivity index (χ2n) is 3.89. The molecule has 0 radical (unpaired) electrons. The number of hydrogen-bond donors (Lipinski definition) is 0. The maximum absolute atomic E-state index is 11.2. The van der Waals surface area contributed by atoms with Crippen molar-refractivity contribution in [3.8, 4) is 0 Å². The molecule has 0 bridgehead atoms. The molecule has 0 saturated heterocycles. The monoisotopic (exact) mass is 287 g/mol. The van der Waals surface area contributed by atoms with Gasteiger partial charge in [-0.15, -0.1) is 11.3 Å². The second kappa shape index (κ2) is 9.89. The van der Waals surface area contributed by atoms with Gasteiger partial charge in [0.25, 0.3) is 0 Å². The largest absolute Gasteiger partial charge is 0.466 e. The number of aryl methyl sites for hydroxylation is 1. The first-order valence-electron chi connectivity index (χ1n) is 6.41. The fourth-order valence-electron chi connectivity index (χ4n) is 1.45. The van der Waals surface area contributed by atoms with Crippen LogP contribution in [0.3, 0.4) is 0 Å². The summed E-state index contributed by atoms with van der Waals surface area (Å²) >= 11 is 1.60. The first-order chi connectivity index (χ1) is 9.26. The normalized spacial score (nSPS) is 10.6. The van der Waals surface area contributed by atoms with Gasteiger partial charge in [-0.05, 0) is 6.92 Å². The molecule has 0 aliphatic rings. The zero-order chi connectivity index (χ0) is 13.9. The molecule has 0 unspecified atom stereocenters. The van der Waals surface area contributed by atoms with Crippen LogP contribution in [0.15, 0.2) is 5.38 Å². The highest BCUT2D eigenvalue weighted by atomic mass is 32.1. The molecule has 0 amide bonds. The van der Waals surface area contributed by atoms with E-state index >= 15 is 0 Å². The van der Waals surface area contributed by atoms with E-state index in [1.54, 1.807) is 18.4 Å². The SMILES string of the molecule is CCOC(=O)CCc1csc(CCOCCOC)n1. The minimum Gasteiger partial charge on any atom is -0.466 e. The van der Waals surface area contributed by atoms with Crippen molar-refractivity contribution in [1.82, 2.24) is 4.98 Å². The van der Waals surface area contributed by atoms with Crippen LogP contribution in [0.25, 0.3) is 0 Å². The van der Waals surface area contributed by atoms with Crippen molar-refractivity contribution in [2.45, 2.75) is 26.2 Å². The third-order valence-corrected chi connectivity index (χ3v) is 3.34. The molecule has 0 spiro atoms.